The quantitative estimate of drug-likeness (QED) is 0.676. The predicted octanol–water partition coefficient (Wildman–Crippen LogP) is 3.20. The van der Waals surface area contributed by atoms with E-state index in [2.05, 4.69) is 9.88 Å². The molecule has 0 bridgehead atoms. The van der Waals surface area contributed by atoms with Crippen molar-refractivity contribution in [1.82, 2.24) is 14.8 Å². The van der Waals surface area contributed by atoms with Crippen molar-refractivity contribution >= 4 is 11.7 Å². The molecule has 29 heavy (non-hydrogen) atoms. The number of carbonyl (C=O) groups is 2. The fraction of sp³-hybridized carbons (Fsp3) is 0.435. The molecule has 1 aliphatic heterocycles. The highest BCUT2D eigenvalue weighted by molar-refractivity contribution is 5.96. The molecule has 1 aromatic carbocycles. The first-order chi connectivity index (χ1) is 14.1. The molecule has 2 aromatic rings. The molecule has 5 nitrogen and oxygen atoms in total. The van der Waals surface area contributed by atoms with Crippen LogP contribution in [-0.2, 0) is 6.42 Å². The van der Waals surface area contributed by atoms with Crippen LogP contribution in [0, 0.1) is 11.7 Å². The standard InChI is InChI=1S/C23H26FN3O2/c24-20-4-2-1-3-19(20)22(28)10-8-17-7-9-21(25-15-17)23(29)27-13-11-26(12-14-27)16-18-5-6-18/h1-4,7,9,15,18H,5-6,8,10-14,16H2. The summed E-state index contributed by atoms with van der Waals surface area (Å²) in [7, 11) is 0. The van der Waals surface area contributed by atoms with Crippen LogP contribution in [0.3, 0.4) is 0 Å². The van der Waals surface area contributed by atoms with Gasteiger partial charge in [0.15, 0.2) is 5.78 Å². The van der Waals surface area contributed by atoms with Gasteiger partial charge in [0, 0.05) is 45.3 Å². The van der Waals surface area contributed by atoms with E-state index in [4.69, 9.17) is 0 Å². The fourth-order valence-electron chi connectivity index (χ4n) is 3.74. The number of aromatic nitrogens is 1. The van der Waals surface area contributed by atoms with Gasteiger partial charge in [0.2, 0.25) is 0 Å². The largest absolute Gasteiger partial charge is 0.335 e. The third-order valence-corrected chi connectivity index (χ3v) is 5.73. The minimum atomic E-state index is -0.492. The van der Waals surface area contributed by atoms with Crippen molar-refractivity contribution in [2.45, 2.75) is 25.7 Å². The number of benzene rings is 1. The first-order valence-corrected chi connectivity index (χ1v) is 10.3. The Labute approximate surface area is 170 Å². The lowest BCUT2D eigenvalue weighted by Crippen LogP contribution is -2.49. The lowest BCUT2D eigenvalue weighted by atomic mass is 10.0. The fourth-order valence-corrected chi connectivity index (χ4v) is 3.74. The average molecular weight is 395 g/mol. The van der Waals surface area contributed by atoms with Gasteiger partial charge in [-0.05, 0) is 48.9 Å². The van der Waals surface area contributed by atoms with E-state index >= 15 is 0 Å². The van der Waals surface area contributed by atoms with E-state index < -0.39 is 5.82 Å². The van der Waals surface area contributed by atoms with Crippen LogP contribution in [0.5, 0.6) is 0 Å². The lowest BCUT2D eigenvalue weighted by molar-refractivity contribution is 0.0626. The maximum Gasteiger partial charge on any atom is 0.272 e. The monoisotopic (exact) mass is 395 g/mol. The highest BCUT2D eigenvalue weighted by atomic mass is 19.1. The average Bonchev–Trinajstić information content (AvgIpc) is 3.57. The Balaban J connectivity index is 1.28. The summed E-state index contributed by atoms with van der Waals surface area (Å²) in [6, 6.07) is 9.58. The second kappa shape index (κ2) is 8.82. The van der Waals surface area contributed by atoms with Crippen LogP contribution in [0.25, 0.3) is 0 Å². The lowest BCUT2D eigenvalue weighted by Gasteiger charge is -2.34. The number of carbonyl (C=O) groups excluding carboxylic acids is 2. The van der Waals surface area contributed by atoms with Gasteiger partial charge in [-0.3, -0.25) is 19.5 Å². The smallest absolute Gasteiger partial charge is 0.272 e. The van der Waals surface area contributed by atoms with Gasteiger partial charge in [-0.15, -0.1) is 0 Å². The number of amides is 1. The van der Waals surface area contributed by atoms with Gasteiger partial charge < -0.3 is 4.90 Å². The van der Waals surface area contributed by atoms with Gasteiger partial charge in [0.25, 0.3) is 5.91 Å². The number of rotatable bonds is 7. The van der Waals surface area contributed by atoms with Crippen molar-refractivity contribution in [1.29, 1.82) is 0 Å². The summed E-state index contributed by atoms with van der Waals surface area (Å²) in [4.78, 5) is 33.5. The van der Waals surface area contributed by atoms with Gasteiger partial charge in [-0.25, -0.2) is 4.39 Å². The van der Waals surface area contributed by atoms with Crippen LogP contribution in [-0.4, -0.2) is 59.2 Å². The van der Waals surface area contributed by atoms with Crippen molar-refractivity contribution in [2.75, 3.05) is 32.7 Å². The van der Waals surface area contributed by atoms with Crippen molar-refractivity contribution in [3.05, 3.63) is 65.2 Å². The summed E-state index contributed by atoms with van der Waals surface area (Å²) in [6.07, 6.45) is 5.02. The van der Waals surface area contributed by atoms with Gasteiger partial charge >= 0.3 is 0 Å². The number of piperazine rings is 1. The Kier molecular flexibility index (Phi) is 6.00. The van der Waals surface area contributed by atoms with E-state index in [0.29, 0.717) is 12.1 Å². The van der Waals surface area contributed by atoms with E-state index in [-0.39, 0.29) is 23.7 Å². The first kappa shape index (κ1) is 19.7. The zero-order valence-electron chi connectivity index (χ0n) is 16.5. The summed E-state index contributed by atoms with van der Waals surface area (Å²) in [5.41, 5.74) is 1.42. The molecule has 1 aromatic heterocycles. The molecule has 1 saturated heterocycles. The summed E-state index contributed by atoms with van der Waals surface area (Å²) in [5.74, 6) is 0.114. The number of hydrogen-bond acceptors (Lipinski definition) is 4. The van der Waals surface area contributed by atoms with Gasteiger partial charge in [0.05, 0.1) is 5.56 Å². The zero-order valence-corrected chi connectivity index (χ0v) is 16.5. The topological polar surface area (TPSA) is 53.5 Å². The van der Waals surface area contributed by atoms with Crippen LogP contribution in [0.15, 0.2) is 42.6 Å². The SMILES string of the molecule is O=C(CCc1ccc(C(=O)N2CCN(CC3CC3)CC2)nc1)c1ccccc1F. The summed E-state index contributed by atoms with van der Waals surface area (Å²) < 4.78 is 13.7. The highest BCUT2D eigenvalue weighted by Crippen LogP contribution is 2.30. The summed E-state index contributed by atoms with van der Waals surface area (Å²) in [5, 5.41) is 0. The number of Topliss-reactive ketones (excluding diaryl/α,β-unsaturated/α-hetero) is 1. The molecule has 6 heteroatoms. The van der Waals surface area contributed by atoms with Gasteiger partial charge in [-0.2, -0.15) is 0 Å². The molecular formula is C23H26FN3O2. The molecule has 2 aliphatic rings. The molecule has 2 fully saturated rings. The highest BCUT2D eigenvalue weighted by Gasteiger charge is 2.28. The number of aryl methyl sites for hydroxylation is 1. The first-order valence-electron chi connectivity index (χ1n) is 10.3. The molecule has 1 saturated carbocycles. The number of hydrogen-bond donors (Lipinski definition) is 0. The van der Waals surface area contributed by atoms with Gasteiger partial charge in [0.1, 0.15) is 11.5 Å². The summed E-state index contributed by atoms with van der Waals surface area (Å²) in [6.45, 7) is 4.51. The molecule has 152 valence electrons. The minimum Gasteiger partial charge on any atom is -0.335 e. The molecule has 0 N–H and O–H groups in total. The van der Waals surface area contributed by atoms with E-state index in [1.807, 2.05) is 11.0 Å². The van der Waals surface area contributed by atoms with E-state index in [1.54, 1.807) is 24.4 Å². The third kappa shape index (κ3) is 5.07. The molecule has 4 rings (SSSR count). The van der Waals surface area contributed by atoms with Crippen molar-refractivity contribution in [3.63, 3.8) is 0 Å². The Bertz CT molecular complexity index is 872. The molecular weight excluding hydrogens is 369 g/mol. The van der Waals surface area contributed by atoms with Crippen molar-refractivity contribution in [3.8, 4) is 0 Å². The van der Waals surface area contributed by atoms with Crippen molar-refractivity contribution in [2.24, 2.45) is 5.92 Å². The maximum absolute atomic E-state index is 13.7. The number of pyridine rings is 1. The number of halogens is 1. The van der Waals surface area contributed by atoms with Crippen LogP contribution in [0.2, 0.25) is 0 Å². The molecule has 0 atom stereocenters. The van der Waals surface area contributed by atoms with E-state index in [9.17, 15) is 14.0 Å². The predicted molar refractivity (Wildman–Crippen MR) is 108 cm³/mol. The Morgan fingerprint density at radius 1 is 1.03 bits per heavy atom. The number of nitrogens with zero attached hydrogens (tertiary/aromatic N) is 3. The van der Waals surface area contributed by atoms with E-state index in [1.165, 1.54) is 31.5 Å². The molecule has 0 radical (unpaired) electrons. The molecule has 0 spiro atoms. The normalized spacial score (nSPS) is 17.3. The molecule has 2 heterocycles. The van der Waals surface area contributed by atoms with E-state index in [0.717, 1.165) is 37.7 Å². The zero-order chi connectivity index (χ0) is 20.2. The van der Waals surface area contributed by atoms with Gasteiger partial charge in [-0.1, -0.05) is 18.2 Å². The number of ketones is 1. The third-order valence-electron chi connectivity index (χ3n) is 5.73. The molecule has 1 aliphatic carbocycles. The Morgan fingerprint density at radius 3 is 2.45 bits per heavy atom. The Morgan fingerprint density at radius 2 is 1.79 bits per heavy atom. The van der Waals surface area contributed by atoms with Crippen LogP contribution < -0.4 is 0 Å². The Hall–Kier alpha value is -2.60. The second-order valence-corrected chi connectivity index (χ2v) is 7.99. The maximum atomic E-state index is 13.7. The molecule has 0 unspecified atom stereocenters. The minimum absolute atomic E-state index is 0.0370. The molecule has 1 amide bonds. The van der Waals surface area contributed by atoms with Crippen LogP contribution >= 0.6 is 0 Å². The van der Waals surface area contributed by atoms with Crippen molar-refractivity contribution < 1.29 is 14.0 Å². The summed E-state index contributed by atoms with van der Waals surface area (Å²) >= 11 is 0. The van der Waals surface area contributed by atoms with Crippen LogP contribution in [0.4, 0.5) is 4.39 Å². The van der Waals surface area contributed by atoms with Crippen LogP contribution in [0.1, 0.15) is 45.7 Å². The second-order valence-electron chi connectivity index (χ2n) is 7.99.